The van der Waals surface area contributed by atoms with Crippen LogP contribution in [0.4, 0.5) is 11.4 Å². The van der Waals surface area contributed by atoms with Crippen molar-refractivity contribution in [3.63, 3.8) is 0 Å². The van der Waals surface area contributed by atoms with Crippen molar-refractivity contribution < 1.29 is 16.5 Å². The van der Waals surface area contributed by atoms with Crippen LogP contribution < -0.4 is 0 Å². The molecule has 2 nitrogen and oxygen atoms in total. The number of hydrogen-bond donors (Lipinski definition) is 0. The van der Waals surface area contributed by atoms with Gasteiger partial charge in [-0.15, -0.1) is 0 Å². The molecule has 0 radical (unpaired) electrons. The molecule has 0 unspecified atom stereocenters. The van der Waals surface area contributed by atoms with Gasteiger partial charge in [0.05, 0.1) is 17.1 Å². The summed E-state index contributed by atoms with van der Waals surface area (Å²) in [7, 11) is 0. The van der Waals surface area contributed by atoms with Crippen molar-refractivity contribution in [1.82, 2.24) is 0 Å². The van der Waals surface area contributed by atoms with Gasteiger partial charge in [0, 0.05) is 22.7 Å². The Hall–Kier alpha value is -1.73. The van der Waals surface area contributed by atoms with Gasteiger partial charge in [0.15, 0.2) is 0 Å². The topological polar surface area (TPSA) is 24.7 Å². The van der Waals surface area contributed by atoms with Gasteiger partial charge < -0.3 is 0 Å². The number of unbranched alkanes of at least 4 members (excludes halogenated alkanes) is 3. The Kier molecular flexibility index (Phi) is 10.0. The number of aryl methyl sites for hydroxylation is 2. The minimum Gasteiger partial charge on any atom is -0.255 e. The summed E-state index contributed by atoms with van der Waals surface area (Å²) in [5.41, 5.74) is 5.62. The number of aliphatic imine (C=N–C) groups is 2. The van der Waals surface area contributed by atoms with Gasteiger partial charge in [-0.1, -0.05) is 50.5 Å². The van der Waals surface area contributed by atoms with Crippen molar-refractivity contribution in [1.29, 1.82) is 0 Å². The largest absolute Gasteiger partial charge is 0.255 e. The van der Waals surface area contributed by atoms with Crippen LogP contribution >= 0.6 is 0 Å². The van der Waals surface area contributed by atoms with Gasteiger partial charge in [-0.2, -0.15) is 0 Å². The summed E-state index contributed by atoms with van der Waals surface area (Å²) in [6.07, 6.45) is 7.86. The van der Waals surface area contributed by atoms with Crippen molar-refractivity contribution in [2.24, 2.45) is 9.98 Å². The smallest absolute Gasteiger partial charge is 0.0636 e. The van der Waals surface area contributed by atoms with E-state index in [2.05, 4.69) is 44.0 Å². The van der Waals surface area contributed by atoms with Crippen LogP contribution in [0.25, 0.3) is 0 Å². The molecule has 136 valence electrons. The summed E-state index contributed by atoms with van der Waals surface area (Å²) >= 11 is 0. The Bertz CT molecular complexity index is 690. The van der Waals surface area contributed by atoms with Crippen molar-refractivity contribution in [2.45, 2.75) is 52.9 Å². The Morgan fingerprint density at radius 1 is 0.880 bits per heavy atom. The molecule has 0 atom stereocenters. The van der Waals surface area contributed by atoms with E-state index in [0.717, 1.165) is 23.5 Å². The maximum atomic E-state index is 4.84. The molecule has 3 heteroatoms. The zero-order valence-corrected chi connectivity index (χ0v) is 16.4. The van der Waals surface area contributed by atoms with Gasteiger partial charge in [-0.25, -0.2) is 0 Å². The molecule has 0 spiro atoms. The molecule has 0 N–H and O–H groups in total. The number of rotatable bonds is 8. The van der Waals surface area contributed by atoms with Crippen LogP contribution in [0.2, 0.25) is 0 Å². The van der Waals surface area contributed by atoms with Gasteiger partial charge >= 0.3 is 0 Å². The third-order valence-corrected chi connectivity index (χ3v) is 4.17. The molecule has 2 aromatic rings. The van der Waals surface area contributed by atoms with E-state index in [4.69, 9.17) is 4.99 Å². The number of nitrogens with zero attached hydrogens (tertiary/aromatic N) is 2. The standard InChI is InChI=1S/C22H28N2.Ni/c1-4-5-6-8-13-22(17-23-20-11-9-7-10-12-20)24-21-15-14-18(2)19(3)16-21;/h7,9-12,14-17H,4-6,8,13H2,1-3H3;. The predicted octanol–water partition coefficient (Wildman–Crippen LogP) is 6.75. The van der Waals surface area contributed by atoms with Crippen LogP contribution in [0, 0.1) is 13.8 Å². The molecular formula is C22H28N2Ni. The average molecular weight is 379 g/mol. The molecule has 0 bridgehead atoms. The minimum atomic E-state index is 0. The van der Waals surface area contributed by atoms with E-state index in [1.807, 2.05) is 36.5 Å². The maximum Gasteiger partial charge on any atom is 0.0636 e. The summed E-state index contributed by atoms with van der Waals surface area (Å²) in [6, 6.07) is 16.4. The minimum absolute atomic E-state index is 0. The summed E-state index contributed by atoms with van der Waals surface area (Å²) < 4.78 is 0. The average Bonchev–Trinajstić information content (AvgIpc) is 2.60. The summed E-state index contributed by atoms with van der Waals surface area (Å²) in [5, 5.41) is 0. The van der Waals surface area contributed by atoms with Crippen molar-refractivity contribution in [3.05, 3.63) is 59.7 Å². The predicted molar refractivity (Wildman–Crippen MR) is 106 cm³/mol. The van der Waals surface area contributed by atoms with E-state index >= 15 is 0 Å². The van der Waals surface area contributed by atoms with Gasteiger partial charge in [0.1, 0.15) is 0 Å². The first-order valence-corrected chi connectivity index (χ1v) is 8.93. The molecule has 2 aromatic carbocycles. The van der Waals surface area contributed by atoms with E-state index in [9.17, 15) is 0 Å². The van der Waals surface area contributed by atoms with Crippen LogP contribution in [-0.4, -0.2) is 11.9 Å². The second-order valence-electron chi connectivity index (χ2n) is 6.28. The molecule has 0 saturated carbocycles. The summed E-state index contributed by atoms with van der Waals surface area (Å²) in [6.45, 7) is 6.50. The van der Waals surface area contributed by atoms with Gasteiger partial charge in [0.25, 0.3) is 0 Å². The molecule has 0 aliphatic heterocycles. The summed E-state index contributed by atoms with van der Waals surface area (Å²) in [4.78, 5) is 9.43. The van der Waals surface area contributed by atoms with Crippen LogP contribution in [0.5, 0.6) is 0 Å². The van der Waals surface area contributed by atoms with Gasteiger partial charge in [-0.3, -0.25) is 9.98 Å². The van der Waals surface area contributed by atoms with Crippen molar-refractivity contribution >= 4 is 23.3 Å². The Labute approximate surface area is 162 Å². The Morgan fingerprint density at radius 2 is 1.64 bits per heavy atom. The molecule has 0 aromatic heterocycles. The van der Waals surface area contributed by atoms with Crippen LogP contribution in [-0.2, 0) is 16.5 Å². The zero-order valence-electron chi connectivity index (χ0n) is 15.4. The quantitative estimate of drug-likeness (QED) is 0.276. The third-order valence-electron chi connectivity index (χ3n) is 4.17. The summed E-state index contributed by atoms with van der Waals surface area (Å²) in [5.74, 6) is 0. The Balaban J connectivity index is 0.00000312. The first-order valence-electron chi connectivity index (χ1n) is 8.93. The zero-order chi connectivity index (χ0) is 17.2. The molecule has 0 heterocycles. The van der Waals surface area contributed by atoms with Crippen LogP contribution in [0.15, 0.2) is 58.5 Å². The van der Waals surface area contributed by atoms with E-state index < -0.39 is 0 Å². The number of hydrogen-bond acceptors (Lipinski definition) is 2. The molecular weight excluding hydrogens is 351 g/mol. The fourth-order valence-corrected chi connectivity index (χ4v) is 2.51. The monoisotopic (exact) mass is 378 g/mol. The van der Waals surface area contributed by atoms with E-state index in [1.54, 1.807) is 0 Å². The second kappa shape index (κ2) is 11.8. The van der Waals surface area contributed by atoms with E-state index in [0.29, 0.717) is 0 Å². The fraction of sp³-hybridized carbons (Fsp3) is 0.364. The molecule has 0 aliphatic carbocycles. The van der Waals surface area contributed by atoms with E-state index in [1.165, 1.54) is 36.8 Å². The second-order valence-corrected chi connectivity index (χ2v) is 6.28. The maximum absolute atomic E-state index is 4.84. The van der Waals surface area contributed by atoms with Crippen LogP contribution in [0.3, 0.4) is 0 Å². The molecule has 0 saturated heterocycles. The third kappa shape index (κ3) is 7.79. The molecule has 25 heavy (non-hydrogen) atoms. The SMILES string of the molecule is CCCCCCC(C=Nc1ccccc1)=Nc1ccc(C)c(C)c1.[Ni]. The molecule has 0 aliphatic rings. The number of para-hydroxylation sites is 1. The molecule has 0 amide bonds. The fourth-order valence-electron chi connectivity index (χ4n) is 2.51. The Morgan fingerprint density at radius 3 is 2.32 bits per heavy atom. The van der Waals surface area contributed by atoms with E-state index in [-0.39, 0.29) is 16.5 Å². The number of benzene rings is 2. The van der Waals surface area contributed by atoms with Crippen molar-refractivity contribution in [3.8, 4) is 0 Å². The first kappa shape index (κ1) is 21.3. The van der Waals surface area contributed by atoms with Crippen molar-refractivity contribution in [2.75, 3.05) is 0 Å². The van der Waals surface area contributed by atoms with Crippen LogP contribution in [0.1, 0.15) is 50.2 Å². The van der Waals surface area contributed by atoms with Gasteiger partial charge in [0.2, 0.25) is 0 Å². The molecule has 0 fully saturated rings. The normalized spacial score (nSPS) is 11.6. The molecule has 2 rings (SSSR count). The van der Waals surface area contributed by atoms with Gasteiger partial charge in [-0.05, 0) is 62.1 Å². The first-order chi connectivity index (χ1) is 11.7.